The van der Waals surface area contributed by atoms with E-state index in [1.165, 1.54) is 0 Å². The summed E-state index contributed by atoms with van der Waals surface area (Å²) in [5, 5.41) is 15.8. The fourth-order valence-electron chi connectivity index (χ4n) is 4.32. The van der Waals surface area contributed by atoms with Gasteiger partial charge in [-0.25, -0.2) is 9.78 Å². The van der Waals surface area contributed by atoms with Crippen LogP contribution >= 0.6 is 15.9 Å². The Hall–Kier alpha value is -3.37. The number of carbonyl (C=O) groups excluding carboxylic acids is 1. The second kappa shape index (κ2) is 10.5. The first-order valence-corrected chi connectivity index (χ1v) is 11.9. The van der Waals surface area contributed by atoms with Crippen molar-refractivity contribution >= 4 is 33.5 Å². The quantitative estimate of drug-likeness (QED) is 0.392. The molecule has 6 nitrogen and oxygen atoms in total. The Bertz CT molecular complexity index is 1100. The summed E-state index contributed by atoms with van der Waals surface area (Å²) in [6.45, 7) is 0.442. The molecule has 3 aromatic rings. The van der Waals surface area contributed by atoms with Crippen molar-refractivity contribution in [3.8, 4) is 6.07 Å². The van der Waals surface area contributed by atoms with Crippen molar-refractivity contribution in [3.63, 3.8) is 0 Å². The van der Waals surface area contributed by atoms with Crippen molar-refractivity contribution in [3.05, 3.63) is 88.5 Å². The molecule has 1 heterocycles. The highest BCUT2D eigenvalue weighted by Crippen LogP contribution is 2.38. The molecular formula is C26H26BrN5O. The van der Waals surface area contributed by atoms with Gasteiger partial charge >= 0.3 is 6.03 Å². The molecule has 1 saturated carbocycles. The Kier molecular flexibility index (Phi) is 7.26. The van der Waals surface area contributed by atoms with Gasteiger partial charge in [-0.2, -0.15) is 5.26 Å². The van der Waals surface area contributed by atoms with Gasteiger partial charge in [-0.1, -0.05) is 52.7 Å². The van der Waals surface area contributed by atoms with Crippen molar-refractivity contribution < 1.29 is 4.79 Å². The summed E-state index contributed by atoms with van der Waals surface area (Å²) in [7, 11) is 0. The monoisotopic (exact) mass is 503 g/mol. The van der Waals surface area contributed by atoms with Crippen LogP contribution < -0.4 is 15.5 Å². The number of halogens is 1. The average Bonchev–Trinajstić information content (AvgIpc) is 2.86. The van der Waals surface area contributed by atoms with Gasteiger partial charge in [0.05, 0.1) is 5.56 Å². The number of nitriles is 1. The number of nitrogens with zero attached hydrogens (tertiary/aromatic N) is 3. The zero-order chi connectivity index (χ0) is 23.1. The van der Waals surface area contributed by atoms with Crippen LogP contribution in [0.2, 0.25) is 0 Å². The van der Waals surface area contributed by atoms with Crippen LogP contribution in [0, 0.1) is 11.3 Å². The molecule has 7 heteroatoms. The topological polar surface area (TPSA) is 81.0 Å². The van der Waals surface area contributed by atoms with E-state index in [0.717, 1.165) is 47.8 Å². The van der Waals surface area contributed by atoms with Crippen LogP contribution in [-0.2, 0) is 6.54 Å². The number of carbonyl (C=O) groups is 1. The maximum Gasteiger partial charge on any atom is 0.324 e. The van der Waals surface area contributed by atoms with Gasteiger partial charge in [0.1, 0.15) is 17.5 Å². The first-order valence-electron chi connectivity index (χ1n) is 11.1. The highest BCUT2D eigenvalue weighted by Gasteiger charge is 2.42. The van der Waals surface area contributed by atoms with Crippen LogP contribution in [0.15, 0.2) is 77.4 Å². The molecule has 1 aromatic heterocycles. The molecule has 0 spiro atoms. The highest BCUT2D eigenvalue weighted by atomic mass is 79.9. The van der Waals surface area contributed by atoms with Crippen LogP contribution in [0.3, 0.4) is 0 Å². The van der Waals surface area contributed by atoms with Gasteiger partial charge in [-0.15, -0.1) is 0 Å². The van der Waals surface area contributed by atoms with Crippen molar-refractivity contribution in [1.29, 1.82) is 5.26 Å². The van der Waals surface area contributed by atoms with Gasteiger partial charge in [0.2, 0.25) is 0 Å². The van der Waals surface area contributed by atoms with Crippen molar-refractivity contribution in [1.82, 2.24) is 10.3 Å². The number of anilines is 2. The predicted octanol–water partition coefficient (Wildman–Crippen LogP) is 6.20. The van der Waals surface area contributed by atoms with E-state index >= 15 is 0 Å². The van der Waals surface area contributed by atoms with Crippen molar-refractivity contribution in [2.24, 2.45) is 0 Å². The van der Waals surface area contributed by atoms with Gasteiger partial charge < -0.3 is 10.6 Å². The highest BCUT2D eigenvalue weighted by molar-refractivity contribution is 9.10. The second-order valence-corrected chi connectivity index (χ2v) is 9.13. The number of hydrogen-bond acceptors (Lipinski definition) is 4. The van der Waals surface area contributed by atoms with Crippen LogP contribution in [-0.4, -0.2) is 16.7 Å². The van der Waals surface area contributed by atoms with E-state index in [2.05, 4.69) is 37.6 Å². The third kappa shape index (κ3) is 5.52. The Labute approximate surface area is 202 Å². The number of rotatable bonds is 6. The lowest BCUT2D eigenvalue weighted by Crippen LogP contribution is -2.61. The minimum absolute atomic E-state index is 0.163. The van der Waals surface area contributed by atoms with Crippen molar-refractivity contribution in [2.75, 3.05) is 10.2 Å². The molecule has 0 bridgehead atoms. The summed E-state index contributed by atoms with van der Waals surface area (Å²) in [6, 6.07) is 23.2. The first-order chi connectivity index (χ1) is 16.1. The van der Waals surface area contributed by atoms with Gasteiger partial charge in [-0.3, -0.25) is 4.90 Å². The van der Waals surface area contributed by atoms with Crippen LogP contribution in [0.25, 0.3) is 0 Å². The summed E-state index contributed by atoms with van der Waals surface area (Å²) in [6.07, 6.45) is 6.28. The fraction of sp³-hybridized carbons (Fsp3) is 0.269. The SMILES string of the molecule is N#Cc1ccc(NC2(N(C(=O)NCc3ccccc3)c3ccc(Br)cc3)CCCCC2)nc1. The summed E-state index contributed by atoms with van der Waals surface area (Å²) < 4.78 is 0.954. The molecule has 168 valence electrons. The van der Waals surface area contributed by atoms with Gasteiger partial charge in [0, 0.05) is 22.9 Å². The average molecular weight is 504 g/mol. The summed E-state index contributed by atoms with van der Waals surface area (Å²) in [5.74, 6) is 0.647. The smallest absolute Gasteiger partial charge is 0.324 e. The molecule has 0 aliphatic heterocycles. The predicted molar refractivity (Wildman–Crippen MR) is 134 cm³/mol. The molecule has 2 N–H and O–H groups in total. The molecule has 1 fully saturated rings. The number of nitrogens with one attached hydrogen (secondary N) is 2. The Morgan fingerprint density at radius 3 is 2.39 bits per heavy atom. The molecule has 0 saturated heterocycles. The number of amides is 2. The van der Waals surface area contributed by atoms with Gasteiger partial charge in [-0.05, 0) is 67.6 Å². The molecule has 0 radical (unpaired) electrons. The molecule has 0 atom stereocenters. The van der Waals surface area contributed by atoms with E-state index in [1.807, 2.05) is 59.5 Å². The normalized spacial score (nSPS) is 14.7. The first kappa shape index (κ1) is 22.8. The molecule has 0 unspecified atom stereocenters. The zero-order valence-corrected chi connectivity index (χ0v) is 19.9. The van der Waals surface area contributed by atoms with Crippen molar-refractivity contribution in [2.45, 2.75) is 44.3 Å². The molecule has 33 heavy (non-hydrogen) atoms. The standard InChI is InChI=1S/C26H26BrN5O/c27-22-10-12-23(13-11-22)32(25(33)30-18-20-7-3-1-4-8-20)26(15-5-2-6-16-26)31-24-14-9-21(17-28)19-29-24/h1,3-4,7-14,19H,2,5-6,15-16,18H2,(H,29,31)(H,30,33). The maximum atomic E-state index is 13.7. The number of urea groups is 1. The summed E-state index contributed by atoms with van der Waals surface area (Å²) >= 11 is 3.50. The molecule has 1 aliphatic carbocycles. The largest absolute Gasteiger partial charge is 0.347 e. The van der Waals surface area contributed by atoms with E-state index < -0.39 is 5.66 Å². The third-order valence-corrected chi connectivity index (χ3v) is 6.47. The maximum absolute atomic E-state index is 13.7. The van der Waals surface area contributed by atoms with Crippen LogP contribution in [0.5, 0.6) is 0 Å². The Balaban J connectivity index is 1.68. The number of benzene rings is 2. The third-order valence-electron chi connectivity index (χ3n) is 5.94. The molecule has 2 aromatic carbocycles. The van der Waals surface area contributed by atoms with E-state index in [-0.39, 0.29) is 6.03 Å². The van der Waals surface area contributed by atoms with Crippen LogP contribution in [0.1, 0.15) is 43.2 Å². The van der Waals surface area contributed by atoms with E-state index in [1.54, 1.807) is 18.3 Å². The number of pyridine rings is 1. The molecule has 4 rings (SSSR count). The second-order valence-electron chi connectivity index (χ2n) is 8.22. The summed E-state index contributed by atoms with van der Waals surface area (Å²) in [5.41, 5.74) is 1.73. The number of aromatic nitrogens is 1. The van der Waals surface area contributed by atoms with Gasteiger partial charge in [0.15, 0.2) is 0 Å². The lowest BCUT2D eigenvalue weighted by Gasteiger charge is -2.47. The fourth-order valence-corrected chi connectivity index (χ4v) is 4.58. The molecule has 1 aliphatic rings. The van der Waals surface area contributed by atoms with Gasteiger partial charge in [0.25, 0.3) is 0 Å². The number of hydrogen-bond donors (Lipinski definition) is 2. The molecular weight excluding hydrogens is 478 g/mol. The summed E-state index contributed by atoms with van der Waals surface area (Å²) in [4.78, 5) is 20.0. The van der Waals surface area contributed by atoms with E-state index in [9.17, 15) is 4.79 Å². The van der Waals surface area contributed by atoms with E-state index in [4.69, 9.17) is 5.26 Å². The van der Waals surface area contributed by atoms with E-state index in [0.29, 0.717) is 17.9 Å². The van der Waals surface area contributed by atoms with Crippen LogP contribution in [0.4, 0.5) is 16.3 Å². The Morgan fingerprint density at radius 1 is 1.03 bits per heavy atom. The minimum atomic E-state index is -0.631. The zero-order valence-electron chi connectivity index (χ0n) is 18.3. The lowest BCUT2D eigenvalue weighted by molar-refractivity contribution is 0.230. The Morgan fingerprint density at radius 2 is 1.76 bits per heavy atom. The lowest BCUT2D eigenvalue weighted by atomic mass is 9.87. The minimum Gasteiger partial charge on any atom is -0.347 e. The molecule has 2 amide bonds.